The molecular weight excluding hydrogens is 128 g/mol. The lowest BCUT2D eigenvalue weighted by molar-refractivity contribution is 0.427. The molecule has 0 aromatic rings. The minimum atomic E-state index is 0.990. The molecule has 0 radical (unpaired) electrons. The quantitative estimate of drug-likeness (QED) is 0.522. The van der Waals surface area contributed by atoms with Crippen LogP contribution < -0.4 is 5.43 Å². The fraction of sp³-hybridized carbons (Fsp3) is 0.667. The van der Waals surface area contributed by atoms with Gasteiger partial charge in [0, 0.05) is 0 Å². The zero-order valence-corrected chi connectivity index (χ0v) is 5.39. The molecular formula is C3H6N2S2. The number of thiocarbonyl (C=S) groups is 1. The highest BCUT2D eigenvalue weighted by Crippen LogP contribution is 2.05. The molecule has 1 fully saturated rings. The molecule has 1 aliphatic heterocycles. The molecule has 0 amide bonds. The van der Waals surface area contributed by atoms with Crippen molar-refractivity contribution in [2.24, 2.45) is 0 Å². The Labute approximate surface area is 52.2 Å². The first-order valence-electron chi connectivity index (χ1n) is 1.96. The molecule has 0 aliphatic carbocycles. The van der Waals surface area contributed by atoms with Gasteiger partial charge in [0.05, 0.1) is 17.2 Å². The largest absolute Gasteiger partial charge is 0.294 e. The smallest absolute Gasteiger partial charge is 0.0815 e. The minimum Gasteiger partial charge on any atom is -0.294 e. The maximum absolute atomic E-state index is 4.64. The Morgan fingerprint density at radius 3 is 3.00 bits per heavy atom. The van der Waals surface area contributed by atoms with Crippen LogP contribution in [0.2, 0.25) is 0 Å². The molecule has 7 heavy (non-hydrogen) atoms. The van der Waals surface area contributed by atoms with E-state index in [1.807, 2.05) is 16.8 Å². The molecule has 0 aromatic heterocycles. The number of nitrogens with zero attached hydrogens (tertiary/aromatic N) is 1. The maximum atomic E-state index is 4.64. The minimum absolute atomic E-state index is 0.990. The summed E-state index contributed by atoms with van der Waals surface area (Å²) in [5, 5.41) is 1.89. The first-order valence-corrected chi connectivity index (χ1v) is 3.59. The van der Waals surface area contributed by atoms with Crippen LogP contribution >= 0.6 is 24.0 Å². The molecule has 0 saturated carbocycles. The second-order valence-electron chi connectivity index (χ2n) is 1.21. The van der Waals surface area contributed by atoms with Crippen LogP contribution in [0.25, 0.3) is 0 Å². The predicted octanol–water partition coefficient (Wildman–Crippen LogP) is 0.412. The Hall–Kier alpha value is 0.200. The number of thioether (sulfide) groups is 1. The van der Waals surface area contributed by atoms with Crippen molar-refractivity contribution < 1.29 is 0 Å². The lowest BCUT2D eigenvalue weighted by Gasteiger charge is -2.05. The Balaban J connectivity index is 2.26. The molecule has 1 rings (SSSR count). The van der Waals surface area contributed by atoms with E-state index >= 15 is 0 Å². The third-order valence-corrected chi connectivity index (χ3v) is 1.78. The van der Waals surface area contributed by atoms with E-state index in [0.717, 1.165) is 11.8 Å². The number of nitrogens with one attached hydrogen (secondary N) is 1. The average Bonchev–Trinajstić information content (AvgIpc) is 2.14. The highest BCUT2D eigenvalue weighted by Gasteiger charge is 2.03. The van der Waals surface area contributed by atoms with Gasteiger partial charge in [-0.3, -0.25) is 5.01 Å². The summed E-state index contributed by atoms with van der Waals surface area (Å²) in [5.41, 5.74) is 4.67. The summed E-state index contributed by atoms with van der Waals surface area (Å²) in [6.07, 6.45) is 0. The third-order valence-electron chi connectivity index (χ3n) is 0.727. The van der Waals surface area contributed by atoms with E-state index in [2.05, 4.69) is 17.6 Å². The topological polar surface area (TPSA) is 15.3 Å². The Morgan fingerprint density at radius 1 is 1.86 bits per heavy atom. The van der Waals surface area contributed by atoms with Gasteiger partial charge < -0.3 is 0 Å². The Morgan fingerprint density at radius 2 is 2.71 bits per heavy atom. The van der Waals surface area contributed by atoms with Gasteiger partial charge in [0.2, 0.25) is 0 Å². The first-order chi connectivity index (χ1) is 3.43. The van der Waals surface area contributed by atoms with Crippen molar-refractivity contribution in [2.75, 3.05) is 11.8 Å². The molecule has 2 nitrogen and oxygen atoms in total. The van der Waals surface area contributed by atoms with Crippen molar-refractivity contribution in [3.05, 3.63) is 0 Å². The number of hydrazine groups is 1. The SMILES string of the molecule is S=CN1CSCN1. The molecule has 0 atom stereocenters. The fourth-order valence-corrected chi connectivity index (χ4v) is 1.34. The number of rotatable bonds is 1. The third kappa shape index (κ3) is 1.29. The van der Waals surface area contributed by atoms with Gasteiger partial charge in [0.15, 0.2) is 0 Å². The zero-order chi connectivity index (χ0) is 5.11. The molecule has 0 bridgehead atoms. The van der Waals surface area contributed by atoms with E-state index < -0.39 is 0 Å². The van der Waals surface area contributed by atoms with Crippen LogP contribution in [0.4, 0.5) is 0 Å². The first kappa shape index (κ1) is 5.34. The molecule has 1 saturated heterocycles. The fourth-order valence-electron chi connectivity index (χ4n) is 0.386. The van der Waals surface area contributed by atoms with Gasteiger partial charge in [0.25, 0.3) is 0 Å². The van der Waals surface area contributed by atoms with Crippen LogP contribution in [-0.2, 0) is 0 Å². The van der Waals surface area contributed by atoms with E-state index in [1.165, 1.54) is 0 Å². The Kier molecular flexibility index (Phi) is 1.90. The summed E-state index contributed by atoms with van der Waals surface area (Å²) in [5.74, 6) is 1.98. The number of hydrogen-bond donors (Lipinski definition) is 1. The molecule has 1 N–H and O–H groups in total. The number of hydrogen-bond acceptors (Lipinski definition) is 3. The van der Waals surface area contributed by atoms with Gasteiger partial charge in [-0.05, 0) is 0 Å². The molecule has 0 spiro atoms. The molecule has 0 aromatic carbocycles. The normalized spacial score (nSPS) is 20.3. The van der Waals surface area contributed by atoms with Crippen LogP contribution in [0.1, 0.15) is 0 Å². The Bertz CT molecular complexity index is 69.3. The maximum Gasteiger partial charge on any atom is 0.0815 e. The molecule has 40 valence electrons. The monoisotopic (exact) mass is 134 g/mol. The lowest BCUT2D eigenvalue weighted by Crippen LogP contribution is -2.27. The zero-order valence-electron chi connectivity index (χ0n) is 3.76. The van der Waals surface area contributed by atoms with Gasteiger partial charge >= 0.3 is 0 Å². The van der Waals surface area contributed by atoms with Crippen molar-refractivity contribution >= 4 is 29.5 Å². The summed E-state index contributed by atoms with van der Waals surface area (Å²) >= 11 is 6.46. The van der Waals surface area contributed by atoms with Crippen molar-refractivity contribution in [2.45, 2.75) is 0 Å². The van der Waals surface area contributed by atoms with E-state index in [0.29, 0.717) is 0 Å². The van der Waals surface area contributed by atoms with Gasteiger partial charge in [0.1, 0.15) is 0 Å². The van der Waals surface area contributed by atoms with Gasteiger partial charge in [-0.2, -0.15) is 0 Å². The molecule has 0 unspecified atom stereocenters. The van der Waals surface area contributed by atoms with Crippen molar-refractivity contribution in [3.8, 4) is 0 Å². The van der Waals surface area contributed by atoms with E-state index in [-0.39, 0.29) is 0 Å². The van der Waals surface area contributed by atoms with E-state index in [1.54, 1.807) is 5.49 Å². The van der Waals surface area contributed by atoms with Gasteiger partial charge in [-0.25, -0.2) is 5.43 Å². The highest BCUT2D eigenvalue weighted by molar-refractivity contribution is 7.99. The average molecular weight is 134 g/mol. The molecule has 1 heterocycles. The molecule has 4 heteroatoms. The highest BCUT2D eigenvalue weighted by atomic mass is 32.2. The van der Waals surface area contributed by atoms with Crippen LogP contribution in [0.5, 0.6) is 0 Å². The summed E-state index contributed by atoms with van der Waals surface area (Å²) < 4.78 is 0. The summed E-state index contributed by atoms with van der Waals surface area (Å²) in [6.45, 7) is 0. The second-order valence-corrected chi connectivity index (χ2v) is 2.38. The van der Waals surface area contributed by atoms with Crippen molar-refractivity contribution in [1.82, 2.24) is 10.4 Å². The standard InChI is InChI=1S/C3H6N2S2/c6-2-5-3-7-1-4-5/h2,4H,1,3H2. The van der Waals surface area contributed by atoms with Crippen LogP contribution in [0.15, 0.2) is 0 Å². The van der Waals surface area contributed by atoms with Crippen molar-refractivity contribution in [3.63, 3.8) is 0 Å². The predicted molar refractivity (Wildman–Crippen MR) is 36.0 cm³/mol. The summed E-state index contributed by atoms with van der Waals surface area (Å²) in [6, 6.07) is 0. The van der Waals surface area contributed by atoms with E-state index in [9.17, 15) is 0 Å². The second kappa shape index (κ2) is 2.49. The van der Waals surface area contributed by atoms with Crippen LogP contribution in [-0.4, -0.2) is 22.3 Å². The lowest BCUT2D eigenvalue weighted by atomic mass is 11.1. The van der Waals surface area contributed by atoms with Gasteiger partial charge in [-0.15, -0.1) is 11.8 Å². The van der Waals surface area contributed by atoms with Crippen LogP contribution in [0.3, 0.4) is 0 Å². The molecule has 1 aliphatic rings. The summed E-state index contributed by atoms with van der Waals surface area (Å²) in [7, 11) is 0. The van der Waals surface area contributed by atoms with Gasteiger partial charge in [-0.1, -0.05) is 12.2 Å². The summed E-state index contributed by atoms with van der Waals surface area (Å²) in [4.78, 5) is 0. The van der Waals surface area contributed by atoms with Crippen LogP contribution in [0, 0.1) is 0 Å². The van der Waals surface area contributed by atoms with E-state index in [4.69, 9.17) is 0 Å². The van der Waals surface area contributed by atoms with Crippen molar-refractivity contribution in [1.29, 1.82) is 0 Å².